The Morgan fingerprint density at radius 3 is 2.70 bits per heavy atom. The van der Waals surface area contributed by atoms with Gasteiger partial charge in [0.25, 0.3) is 7.52 Å². The smallest absolute Gasteiger partial charge is 0.331 e. The van der Waals surface area contributed by atoms with Gasteiger partial charge in [-0.25, -0.2) is 5.09 Å². The molecule has 2 aromatic heterocycles. The molecule has 0 saturated carbocycles. The van der Waals surface area contributed by atoms with Crippen molar-refractivity contribution in [2.45, 2.75) is 25.0 Å². The first-order valence-electron chi connectivity index (χ1n) is 8.78. The van der Waals surface area contributed by atoms with Crippen LogP contribution >= 0.6 is 30.7 Å². The molecule has 12 heteroatoms. The number of pyridine rings is 1. The van der Waals surface area contributed by atoms with E-state index in [4.69, 9.17) is 27.7 Å². The Morgan fingerprint density at radius 2 is 2.10 bits per heavy atom. The molecule has 1 unspecified atom stereocenters. The fourth-order valence-electron chi connectivity index (χ4n) is 2.53. The number of hydrogen-bond acceptors (Lipinski definition) is 6. The minimum Gasteiger partial charge on any atom is -0.331 e. The Labute approximate surface area is 181 Å². The van der Waals surface area contributed by atoms with E-state index in [1.54, 1.807) is 37.3 Å². The summed E-state index contributed by atoms with van der Waals surface area (Å²) in [6.07, 6.45) is 1.39. The number of aromatic nitrogens is 3. The van der Waals surface area contributed by atoms with Gasteiger partial charge in [-0.1, -0.05) is 28.9 Å². The first kappa shape index (κ1) is 22.8. The van der Waals surface area contributed by atoms with Crippen LogP contribution in [0.25, 0.3) is 11.4 Å². The SMILES string of the molecule is CCOP(=O)(Cc1ccc(-c2noc(C(F)(F)Cl)n2)cn1)NCc1cccc(Cl)c1. The van der Waals surface area contributed by atoms with Crippen molar-refractivity contribution in [3.8, 4) is 11.4 Å². The number of alkyl halides is 3. The monoisotopic (exact) mass is 476 g/mol. The number of rotatable bonds is 9. The maximum absolute atomic E-state index is 13.2. The highest BCUT2D eigenvalue weighted by molar-refractivity contribution is 7.56. The molecular weight excluding hydrogens is 460 g/mol. The molecule has 1 atom stereocenters. The van der Waals surface area contributed by atoms with Gasteiger partial charge in [-0.05, 0) is 48.4 Å². The summed E-state index contributed by atoms with van der Waals surface area (Å²) in [5.74, 6) is -1.09. The second-order valence-corrected chi connectivity index (χ2v) is 9.32. The molecule has 0 bridgehead atoms. The van der Waals surface area contributed by atoms with E-state index in [0.29, 0.717) is 22.8 Å². The highest BCUT2D eigenvalue weighted by Crippen LogP contribution is 2.46. The summed E-state index contributed by atoms with van der Waals surface area (Å²) in [4.78, 5) is 7.76. The van der Waals surface area contributed by atoms with Gasteiger partial charge in [0.15, 0.2) is 0 Å². The van der Waals surface area contributed by atoms with E-state index < -0.39 is 18.8 Å². The Hall–Kier alpha value is -1.90. The molecule has 0 radical (unpaired) electrons. The van der Waals surface area contributed by atoms with Gasteiger partial charge >= 0.3 is 11.3 Å². The zero-order chi connectivity index (χ0) is 21.8. The fourth-order valence-corrected chi connectivity index (χ4v) is 4.57. The van der Waals surface area contributed by atoms with Crippen LogP contribution in [0, 0.1) is 0 Å². The Morgan fingerprint density at radius 1 is 1.30 bits per heavy atom. The Balaban J connectivity index is 1.70. The van der Waals surface area contributed by atoms with Crippen molar-refractivity contribution in [1.82, 2.24) is 20.2 Å². The lowest BCUT2D eigenvalue weighted by Crippen LogP contribution is -2.14. The van der Waals surface area contributed by atoms with Crippen LogP contribution < -0.4 is 5.09 Å². The van der Waals surface area contributed by atoms with E-state index in [2.05, 4.69) is 24.7 Å². The predicted molar refractivity (Wildman–Crippen MR) is 109 cm³/mol. The molecule has 1 N–H and O–H groups in total. The topological polar surface area (TPSA) is 90.1 Å². The summed E-state index contributed by atoms with van der Waals surface area (Å²) in [5.41, 5.74) is 1.67. The number of benzene rings is 1. The van der Waals surface area contributed by atoms with Gasteiger partial charge in [-0.15, -0.1) is 0 Å². The van der Waals surface area contributed by atoms with E-state index in [-0.39, 0.29) is 18.6 Å². The highest BCUT2D eigenvalue weighted by atomic mass is 35.5. The molecule has 0 aliphatic carbocycles. The minimum absolute atomic E-state index is 0.0267. The van der Waals surface area contributed by atoms with Crippen LogP contribution in [-0.4, -0.2) is 21.7 Å². The molecule has 30 heavy (non-hydrogen) atoms. The number of nitrogens with one attached hydrogen (secondary N) is 1. The summed E-state index contributed by atoms with van der Waals surface area (Å²) in [5, 5.41) is 3.24. The molecule has 0 amide bonds. The van der Waals surface area contributed by atoms with Crippen LogP contribution in [-0.2, 0) is 27.2 Å². The molecule has 0 spiro atoms. The molecule has 3 aromatic rings. The van der Waals surface area contributed by atoms with Gasteiger partial charge in [0.2, 0.25) is 5.82 Å². The fraction of sp³-hybridized carbons (Fsp3) is 0.278. The van der Waals surface area contributed by atoms with Crippen LogP contribution in [0.15, 0.2) is 47.1 Å². The van der Waals surface area contributed by atoms with Crippen molar-refractivity contribution in [3.63, 3.8) is 0 Å². The minimum atomic E-state index is -3.75. The van der Waals surface area contributed by atoms with Crippen LogP contribution in [0.1, 0.15) is 24.1 Å². The van der Waals surface area contributed by atoms with E-state index in [9.17, 15) is 13.3 Å². The van der Waals surface area contributed by atoms with Crippen molar-refractivity contribution in [1.29, 1.82) is 0 Å². The van der Waals surface area contributed by atoms with Gasteiger partial charge < -0.3 is 9.05 Å². The molecule has 0 aliphatic heterocycles. The third kappa shape index (κ3) is 6.06. The zero-order valence-electron chi connectivity index (χ0n) is 15.7. The number of hydrogen-bond donors (Lipinski definition) is 1. The summed E-state index contributed by atoms with van der Waals surface area (Å²) < 4.78 is 49.1. The molecule has 3 rings (SSSR count). The summed E-state index contributed by atoms with van der Waals surface area (Å²) in [6.45, 7) is 2.29. The number of nitrogens with zero attached hydrogens (tertiary/aromatic N) is 3. The second kappa shape index (κ2) is 9.49. The van der Waals surface area contributed by atoms with Gasteiger partial charge in [-0.3, -0.25) is 9.55 Å². The van der Waals surface area contributed by atoms with Gasteiger partial charge in [0.05, 0.1) is 18.5 Å². The molecule has 2 heterocycles. The van der Waals surface area contributed by atoms with Crippen molar-refractivity contribution in [3.05, 3.63) is 64.8 Å². The second-order valence-electron chi connectivity index (χ2n) is 6.17. The molecular formula is C18H17Cl2F2N4O3P. The Bertz CT molecular complexity index is 1040. The third-order valence-electron chi connectivity index (χ3n) is 3.87. The van der Waals surface area contributed by atoms with Gasteiger partial charge in [-0.2, -0.15) is 13.8 Å². The predicted octanol–water partition coefficient (Wildman–Crippen LogP) is 5.59. The first-order valence-corrected chi connectivity index (χ1v) is 11.3. The van der Waals surface area contributed by atoms with Crippen LogP contribution in [0.5, 0.6) is 0 Å². The van der Waals surface area contributed by atoms with Crippen LogP contribution in [0.3, 0.4) is 0 Å². The Kier molecular flexibility index (Phi) is 7.21. The van der Waals surface area contributed by atoms with E-state index in [1.165, 1.54) is 6.20 Å². The average molecular weight is 477 g/mol. The molecule has 7 nitrogen and oxygen atoms in total. The largest absolute Gasteiger partial charge is 0.400 e. The summed E-state index contributed by atoms with van der Waals surface area (Å²) in [6, 6.07) is 10.3. The molecule has 0 aliphatic rings. The van der Waals surface area contributed by atoms with Gasteiger partial charge in [0.1, 0.15) is 0 Å². The highest BCUT2D eigenvalue weighted by Gasteiger charge is 2.35. The van der Waals surface area contributed by atoms with E-state index >= 15 is 0 Å². The van der Waals surface area contributed by atoms with Crippen LogP contribution in [0.4, 0.5) is 8.78 Å². The average Bonchev–Trinajstić information content (AvgIpc) is 3.18. The molecule has 0 fully saturated rings. The summed E-state index contributed by atoms with van der Waals surface area (Å²) in [7, 11) is -3.25. The van der Waals surface area contributed by atoms with Crippen molar-refractivity contribution >= 4 is 30.7 Å². The van der Waals surface area contributed by atoms with E-state index in [1.807, 2.05) is 6.07 Å². The molecule has 1 aromatic carbocycles. The lowest BCUT2D eigenvalue weighted by atomic mass is 10.2. The first-order chi connectivity index (χ1) is 14.2. The normalized spacial score (nSPS) is 13.9. The maximum Gasteiger partial charge on any atom is 0.400 e. The van der Waals surface area contributed by atoms with E-state index in [0.717, 1.165) is 5.56 Å². The third-order valence-corrected chi connectivity index (χ3v) is 6.32. The van der Waals surface area contributed by atoms with Gasteiger partial charge in [0, 0.05) is 23.3 Å². The molecule has 160 valence electrons. The maximum atomic E-state index is 13.2. The van der Waals surface area contributed by atoms with Crippen molar-refractivity contribution in [2.75, 3.05) is 6.61 Å². The molecule has 0 saturated heterocycles. The zero-order valence-corrected chi connectivity index (χ0v) is 18.1. The quantitative estimate of drug-likeness (QED) is 0.317. The van der Waals surface area contributed by atoms with Crippen molar-refractivity contribution in [2.24, 2.45) is 0 Å². The van der Waals surface area contributed by atoms with Crippen molar-refractivity contribution < 1.29 is 22.4 Å². The lowest BCUT2D eigenvalue weighted by molar-refractivity contribution is 0.0551. The standard InChI is InChI=1S/C18H17Cl2F2N4O3P/c1-2-28-30(27,24-9-12-4-3-5-14(19)8-12)11-15-7-6-13(10-23-15)16-25-17(29-26-16)18(20,21)22/h3-8,10H,2,9,11H2,1H3,(H,24,27). The number of halogens is 4. The summed E-state index contributed by atoms with van der Waals surface area (Å²) >= 11 is 10.8. The lowest BCUT2D eigenvalue weighted by Gasteiger charge is -2.19. The van der Waals surface area contributed by atoms with Crippen LogP contribution in [0.2, 0.25) is 5.02 Å².